The molecule has 4 N–H and O–H groups in total. The van der Waals surface area contributed by atoms with E-state index in [1.807, 2.05) is 48.5 Å². The van der Waals surface area contributed by atoms with Crippen LogP contribution in [0.1, 0.15) is 47.9 Å². The van der Waals surface area contributed by atoms with Gasteiger partial charge in [0.2, 0.25) is 0 Å². The first-order valence-corrected chi connectivity index (χ1v) is 12.2. The summed E-state index contributed by atoms with van der Waals surface area (Å²) in [4.78, 5) is 0. The molecule has 5 rings (SSSR count). The van der Waals surface area contributed by atoms with Gasteiger partial charge < -0.3 is 20.9 Å². The van der Waals surface area contributed by atoms with Crippen molar-refractivity contribution in [1.29, 1.82) is 0 Å². The Kier molecular flexibility index (Phi) is 6.12. The lowest BCUT2D eigenvalue weighted by Crippen LogP contribution is -2.25. The first-order chi connectivity index (χ1) is 16.9. The van der Waals surface area contributed by atoms with Crippen LogP contribution in [-0.2, 0) is 5.41 Å². The van der Waals surface area contributed by atoms with Crippen molar-refractivity contribution in [3.05, 3.63) is 107 Å². The average Bonchev–Trinajstić information content (AvgIpc) is 3.35. The van der Waals surface area contributed by atoms with Gasteiger partial charge in [0, 0.05) is 27.9 Å². The standard InChI is InChI=1S/C31H32N2O2/c1-21-5-15-29(34-25-11-7-23(32)8-12-25)27(19-21)31(17-3-4-18-31)28-20-22(2)6-16-30(28)35-26-13-9-24(33)10-14-26/h5-16,19-20H,3-4,17-18,32-33H2,1-2H3. The molecular weight excluding hydrogens is 432 g/mol. The summed E-state index contributed by atoms with van der Waals surface area (Å²) >= 11 is 0. The minimum atomic E-state index is -0.204. The summed E-state index contributed by atoms with van der Waals surface area (Å²) in [5.41, 5.74) is 17.9. The van der Waals surface area contributed by atoms with E-state index >= 15 is 0 Å². The fraction of sp³-hybridized carbons (Fsp3) is 0.226. The predicted molar refractivity (Wildman–Crippen MR) is 143 cm³/mol. The Bertz CT molecular complexity index is 1220. The van der Waals surface area contributed by atoms with Crippen molar-refractivity contribution in [3.8, 4) is 23.0 Å². The van der Waals surface area contributed by atoms with Gasteiger partial charge in [0.05, 0.1) is 0 Å². The number of aryl methyl sites for hydroxylation is 2. The molecule has 1 aliphatic rings. The van der Waals surface area contributed by atoms with Crippen LogP contribution in [0, 0.1) is 13.8 Å². The van der Waals surface area contributed by atoms with E-state index in [1.165, 1.54) is 22.3 Å². The second-order valence-electron chi connectivity index (χ2n) is 9.63. The number of hydrogen-bond donors (Lipinski definition) is 2. The van der Waals surface area contributed by atoms with E-state index < -0.39 is 0 Å². The molecular formula is C31H32N2O2. The molecule has 4 aromatic carbocycles. The molecule has 0 aliphatic heterocycles. The molecule has 4 heteroatoms. The topological polar surface area (TPSA) is 70.5 Å². The SMILES string of the molecule is Cc1ccc(Oc2ccc(N)cc2)c(C2(c3cc(C)ccc3Oc3ccc(N)cc3)CCCC2)c1. The number of ether oxygens (including phenoxy) is 2. The van der Waals surface area contributed by atoms with Crippen molar-refractivity contribution < 1.29 is 9.47 Å². The summed E-state index contributed by atoms with van der Waals surface area (Å²) in [5, 5.41) is 0. The molecule has 1 saturated carbocycles. The minimum Gasteiger partial charge on any atom is -0.457 e. The highest BCUT2D eigenvalue weighted by molar-refractivity contribution is 5.56. The van der Waals surface area contributed by atoms with Gasteiger partial charge in [-0.05, 0) is 87.4 Å². The van der Waals surface area contributed by atoms with Gasteiger partial charge in [0.15, 0.2) is 0 Å². The highest BCUT2D eigenvalue weighted by atomic mass is 16.5. The summed E-state index contributed by atoms with van der Waals surface area (Å²) < 4.78 is 12.9. The molecule has 1 fully saturated rings. The normalized spacial score (nSPS) is 14.6. The average molecular weight is 465 g/mol. The Balaban J connectivity index is 1.63. The second-order valence-corrected chi connectivity index (χ2v) is 9.63. The summed E-state index contributed by atoms with van der Waals surface area (Å²) in [7, 11) is 0. The highest BCUT2D eigenvalue weighted by Crippen LogP contribution is 2.53. The van der Waals surface area contributed by atoms with E-state index in [2.05, 4.69) is 50.2 Å². The molecule has 178 valence electrons. The minimum absolute atomic E-state index is 0.204. The van der Waals surface area contributed by atoms with Crippen molar-refractivity contribution in [2.45, 2.75) is 44.9 Å². The van der Waals surface area contributed by atoms with Crippen LogP contribution < -0.4 is 20.9 Å². The maximum absolute atomic E-state index is 6.47. The largest absolute Gasteiger partial charge is 0.457 e. The number of benzene rings is 4. The molecule has 1 aliphatic carbocycles. The zero-order valence-electron chi connectivity index (χ0n) is 20.4. The highest BCUT2D eigenvalue weighted by Gasteiger charge is 2.42. The molecule has 0 unspecified atom stereocenters. The molecule has 0 heterocycles. The van der Waals surface area contributed by atoms with E-state index in [9.17, 15) is 0 Å². The predicted octanol–water partition coefficient (Wildman–Crippen LogP) is 7.91. The summed E-state index contributed by atoms with van der Waals surface area (Å²) in [6.45, 7) is 4.28. The van der Waals surface area contributed by atoms with E-state index in [1.54, 1.807) is 0 Å². The Morgan fingerprint density at radius 1 is 0.571 bits per heavy atom. The molecule has 4 aromatic rings. The Morgan fingerprint density at radius 2 is 0.971 bits per heavy atom. The molecule has 0 spiro atoms. The second kappa shape index (κ2) is 9.38. The van der Waals surface area contributed by atoms with Crippen LogP contribution in [0.25, 0.3) is 0 Å². The monoisotopic (exact) mass is 464 g/mol. The maximum atomic E-state index is 6.47. The van der Waals surface area contributed by atoms with Gasteiger partial charge in [0.1, 0.15) is 23.0 Å². The van der Waals surface area contributed by atoms with Gasteiger partial charge in [-0.3, -0.25) is 0 Å². The maximum Gasteiger partial charge on any atom is 0.131 e. The lowest BCUT2D eigenvalue weighted by molar-refractivity contribution is 0.424. The van der Waals surface area contributed by atoms with Crippen LogP contribution in [0.4, 0.5) is 11.4 Å². The van der Waals surface area contributed by atoms with Crippen molar-refractivity contribution in [2.24, 2.45) is 0 Å². The summed E-state index contributed by atoms with van der Waals surface area (Å²) in [6, 6.07) is 28.1. The zero-order chi connectivity index (χ0) is 24.4. The molecule has 0 amide bonds. The quantitative estimate of drug-likeness (QED) is 0.284. The number of anilines is 2. The smallest absolute Gasteiger partial charge is 0.131 e. The Labute approximate surface area is 207 Å². The zero-order valence-corrected chi connectivity index (χ0v) is 20.4. The Morgan fingerprint density at radius 3 is 1.37 bits per heavy atom. The lowest BCUT2D eigenvalue weighted by Gasteiger charge is -2.34. The number of rotatable bonds is 6. The van der Waals surface area contributed by atoms with Crippen LogP contribution in [-0.4, -0.2) is 0 Å². The van der Waals surface area contributed by atoms with Crippen LogP contribution in [0.3, 0.4) is 0 Å². The molecule has 0 atom stereocenters. The fourth-order valence-corrected chi connectivity index (χ4v) is 5.20. The van der Waals surface area contributed by atoms with Crippen LogP contribution >= 0.6 is 0 Å². The van der Waals surface area contributed by atoms with Crippen LogP contribution in [0.5, 0.6) is 23.0 Å². The third-order valence-corrected chi connectivity index (χ3v) is 6.97. The van der Waals surface area contributed by atoms with Crippen molar-refractivity contribution in [2.75, 3.05) is 11.5 Å². The number of nitrogen functional groups attached to an aromatic ring is 2. The number of hydrogen-bond acceptors (Lipinski definition) is 4. The van der Waals surface area contributed by atoms with Crippen LogP contribution in [0.15, 0.2) is 84.9 Å². The van der Waals surface area contributed by atoms with E-state index in [-0.39, 0.29) is 5.41 Å². The molecule has 35 heavy (non-hydrogen) atoms. The van der Waals surface area contributed by atoms with Crippen molar-refractivity contribution >= 4 is 11.4 Å². The third kappa shape index (κ3) is 4.69. The first-order valence-electron chi connectivity index (χ1n) is 12.2. The van der Waals surface area contributed by atoms with Gasteiger partial charge >= 0.3 is 0 Å². The molecule has 4 nitrogen and oxygen atoms in total. The lowest BCUT2D eigenvalue weighted by atomic mass is 9.71. The molecule has 0 bridgehead atoms. The van der Waals surface area contributed by atoms with Crippen molar-refractivity contribution in [3.63, 3.8) is 0 Å². The molecule has 0 aromatic heterocycles. The van der Waals surface area contributed by atoms with E-state index in [4.69, 9.17) is 20.9 Å². The number of nitrogens with two attached hydrogens (primary N) is 2. The fourth-order valence-electron chi connectivity index (χ4n) is 5.20. The van der Waals surface area contributed by atoms with Gasteiger partial charge in [0.25, 0.3) is 0 Å². The van der Waals surface area contributed by atoms with Gasteiger partial charge in [-0.1, -0.05) is 48.2 Å². The third-order valence-electron chi connectivity index (χ3n) is 6.97. The Hall–Kier alpha value is -3.92. The molecule has 0 saturated heterocycles. The summed E-state index contributed by atoms with van der Waals surface area (Å²) in [5.74, 6) is 3.31. The van der Waals surface area contributed by atoms with E-state index in [0.29, 0.717) is 0 Å². The van der Waals surface area contributed by atoms with Gasteiger partial charge in [-0.2, -0.15) is 0 Å². The van der Waals surface area contributed by atoms with Crippen molar-refractivity contribution in [1.82, 2.24) is 0 Å². The van der Waals surface area contributed by atoms with Gasteiger partial charge in [-0.25, -0.2) is 0 Å². The first kappa shape index (κ1) is 22.9. The summed E-state index contributed by atoms with van der Waals surface area (Å²) in [6.07, 6.45) is 4.39. The van der Waals surface area contributed by atoms with Crippen LogP contribution in [0.2, 0.25) is 0 Å². The van der Waals surface area contributed by atoms with Gasteiger partial charge in [-0.15, -0.1) is 0 Å². The van der Waals surface area contributed by atoms with E-state index in [0.717, 1.165) is 60.1 Å². The molecule has 0 radical (unpaired) electrons.